The van der Waals surface area contributed by atoms with Crippen LogP contribution in [0.15, 0.2) is 24.5 Å². The van der Waals surface area contributed by atoms with Crippen LogP contribution in [-0.4, -0.2) is 20.3 Å². The molecule has 6 heteroatoms. The number of aromatic nitrogens is 3. The van der Waals surface area contributed by atoms with Gasteiger partial charge in [0.25, 0.3) is 0 Å². The van der Waals surface area contributed by atoms with Crippen molar-refractivity contribution in [2.45, 2.75) is 39.5 Å². The first-order valence-corrected chi connectivity index (χ1v) is 6.84. The van der Waals surface area contributed by atoms with Gasteiger partial charge in [-0.2, -0.15) is 0 Å². The zero-order valence-electron chi connectivity index (χ0n) is 12.9. The Hall–Kier alpha value is -1.95. The molecule has 1 aromatic heterocycles. The van der Waals surface area contributed by atoms with E-state index in [1.165, 1.54) is 12.1 Å². The minimum atomic E-state index is -0.309. The molecule has 0 saturated carbocycles. The molecular formula is C15H21FN4O. The van der Waals surface area contributed by atoms with Gasteiger partial charge in [0.15, 0.2) is 5.82 Å². The lowest BCUT2D eigenvalue weighted by Gasteiger charge is -2.20. The Kier molecular flexibility index (Phi) is 4.57. The van der Waals surface area contributed by atoms with E-state index in [4.69, 9.17) is 4.74 Å². The highest BCUT2D eigenvalue weighted by Crippen LogP contribution is 2.18. The normalized spacial score (nSPS) is 11.7. The van der Waals surface area contributed by atoms with E-state index in [9.17, 15) is 4.39 Å². The lowest BCUT2D eigenvalue weighted by Crippen LogP contribution is -2.35. The van der Waals surface area contributed by atoms with Crippen molar-refractivity contribution in [3.63, 3.8) is 0 Å². The smallest absolute Gasteiger partial charge is 0.170 e. The predicted octanol–water partition coefficient (Wildman–Crippen LogP) is 2.42. The van der Waals surface area contributed by atoms with E-state index < -0.39 is 0 Å². The quantitative estimate of drug-likeness (QED) is 0.919. The summed E-state index contributed by atoms with van der Waals surface area (Å²) in [6, 6.07) is 4.71. The Morgan fingerprint density at radius 1 is 1.29 bits per heavy atom. The van der Waals surface area contributed by atoms with Crippen LogP contribution in [0.5, 0.6) is 5.75 Å². The molecule has 0 aliphatic heterocycles. The monoisotopic (exact) mass is 292 g/mol. The summed E-state index contributed by atoms with van der Waals surface area (Å²) in [6.07, 6.45) is 1.60. The van der Waals surface area contributed by atoms with Crippen molar-refractivity contribution in [3.05, 3.63) is 41.7 Å². The van der Waals surface area contributed by atoms with E-state index in [1.807, 2.05) is 13.1 Å². The Balaban J connectivity index is 2.03. The highest BCUT2D eigenvalue weighted by Gasteiger charge is 2.10. The minimum absolute atomic E-state index is 0.0219. The van der Waals surface area contributed by atoms with Crippen LogP contribution in [0.25, 0.3) is 0 Å². The fraction of sp³-hybridized carbons (Fsp3) is 0.467. The van der Waals surface area contributed by atoms with Crippen LogP contribution >= 0.6 is 0 Å². The van der Waals surface area contributed by atoms with Crippen molar-refractivity contribution in [2.24, 2.45) is 7.05 Å². The Bertz CT molecular complexity index is 604. The third-order valence-electron chi connectivity index (χ3n) is 2.93. The molecule has 5 nitrogen and oxygen atoms in total. The maximum atomic E-state index is 13.7. The van der Waals surface area contributed by atoms with Gasteiger partial charge in [-0.25, -0.2) is 4.39 Å². The standard InChI is InChI=1S/C15H21FN4O/c1-15(2,3)17-8-11-5-12(16)7-13(6-11)21-9-14-19-18-10-20(14)4/h5-7,10,17H,8-9H2,1-4H3. The number of nitrogens with one attached hydrogen (secondary N) is 1. The molecule has 0 amide bonds. The van der Waals surface area contributed by atoms with Crippen molar-refractivity contribution in [1.82, 2.24) is 20.1 Å². The van der Waals surface area contributed by atoms with Gasteiger partial charge in [0.05, 0.1) is 0 Å². The molecule has 1 heterocycles. The molecular weight excluding hydrogens is 271 g/mol. The van der Waals surface area contributed by atoms with Gasteiger partial charge in [0, 0.05) is 25.2 Å². The van der Waals surface area contributed by atoms with Crippen molar-refractivity contribution in [3.8, 4) is 5.75 Å². The van der Waals surface area contributed by atoms with Crippen LogP contribution < -0.4 is 10.1 Å². The lowest BCUT2D eigenvalue weighted by molar-refractivity contribution is 0.289. The van der Waals surface area contributed by atoms with Crippen LogP contribution in [0.3, 0.4) is 0 Å². The first-order valence-electron chi connectivity index (χ1n) is 6.84. The molecule has 0 aliphatic carbocycles. The molecule has 0 saturated heterocycles. The summed E-state index contributed by atoms with van der Waals surface area (Å²) in [5.74, 6) is 0.869. The van der Waals surface area contributed by atoms with E-state index in [-0.39, 0.29) is 18.0 Å². The number of halogens is 1. The van der Waals surface area contributed by atoms with Gasteiger partial charge in [-0.15, -0.1) is 10.2 Å². The summed E-state index contributed by atoms with van der Waals surface area (Å²) in [6.45, 7) is 7.04. The zero-order valence-corrected chi connectivity index (χ0v) is 12.9. The number of hydrogen-bond acceptors (Lipinski definition) is 4. The van der Waals surface area contributed by atoms with Gasteiger partial charge >= 0.3 is 0 Å². The van der Waals surface area contributed by atoms with Crippen LogP contribution in [-0.2, 0) is 20.2 Å². The fourth-order valence-electron chi connectivity index (χ4n) is 1.76. The maximum absolute atomic E-state index is 13.7. The van der Waals surface area contributed by atoms with Gasteiger partial charge in [-0.3, -0.25) is 0 Å². The first kappa shape index (κ1) is 15.4. The molecule has 0 unspecified atom stereocenters. The summed E-state index contributed by atoms with van der Waals surface area (Å²) < 4.78 is 21.0. The first-order chi connectivity index (χ1) is 9.83. The molecule has 0 aliphatic rings. The van der Waals surface area contributed by atoms with Crippen molar-refractivity contribution >= 4 is 0 Å². The Labute approximate surface area is 124 Å². The summed E-state index contributed by atoms with van der Waals surface area (Å²) in [5, 5.41) is 11.0. The second kappa shape index (κ2) is 6.22. The number of ether oxygens (including phenoxy) is 1. The zero-order chi connectivity index (χ0) is 15.5. The van der Waals surface area contributed by atoms with Gasteiger partial charge in [-0.1, -0.05) is 0 Å². The number of nitrogens with zero attached hydrogens (tertiary/aromatic N) is 3. The predicted molar refractivity (Wildman–Crippen MR) is 78.3 cm³/mol. The summed E-state index contributed by atoms with van der Waals surface area (Å²) >= 11 is 0. The molecule has 21 heavy (non-hydrogen) atoms. The molecule has 1 N–H and O–H groups in total. The third-order valence-corrected chi connectivity index (χ3v) is 2.93. The van der Waals surface area contributed by atoms with E-state index >= 15 is 0 Å². The second-order valence-electron chi connectivity index (χ2n) is 6.05. The summed E-state index contributed by atoms with van der Waals surface area (Å²) in [4.78, 5) is 0. The molecule has 0 radical (unpaired) electrons. The van der Waals surface area contributed by atoms with Gasteiger partial charge in [-0.05, 0) is 38.5 Å². The summed E-state index contributed by atoms with van der Waals surface area (Å²) in [5.41, 5.74) is 0.823. The van der Waals surface area contributed by atoms with Crippen molar-refractivity contribution < 1.29 is 9.13 Å². The molecule has 0 bridgehead atoms. The van der Waals surface area contributed by atoms with E-state index in [1.54, 1.807) is 10.9 Å². The number of rotatable bonds is 5. The molecule has 114 valence electrons. The largest absolute Gasteiger partial charge is 0.485 e. The van der Waals surface area contributed by atoms with E-state index in [2.05, 4.69) is 36.3 Å². The molecule has 1 aromatic carbocycles. The highest BCUT2D eigenvalue weighted by molar-refractivity contribution is 5.29. The second-order valence-corrected chi connectivity index (χ2v) is 6.05. The molecule has 2 rings (SSSR count). The fourth-order valence-corrected chi connectivity index (χ4v) is 1.76. The van der Waals surface area contributed by atoms with Gasteiger partial charge in [0.1, 0.15) is 24.5 Å². The average Bonchev–Trinajstić information content (AvgIpc) is 2.78. The lowest BCUT2D eigenvalue weighted by atomic mass is 10.1. The molecule has 0 fully saturated rings. The van der Waals surface area contributed by atoms with Crippen LogP contribution in [0.4, 0.5) is 4.39 Å². The summed E-state index contributed by atoms with van der Waals surface area (Å²) in [7, 11) is 1.84. The van der Waals surface area contributed by atoms with Crippen LogP contribution in [0.2, 0.25) is 0 Å². The third kappa shape index (κ3) is 4.82. The SMILES string of the molecule is Cn1cnnc1COc1cc(F)cc(CNC(C)(C)C)c1. The number of benzene rings is 1. The van der Waals surface area contributed by atoms with E-state index in [0.717, 1.165) is 5.56 Å². The maximum Gasteiger partial charge on any atom is 0.170 e. The van der Waals surface area contributed by atoms with Crippen LogP contribution in [0.1, 0.15) is 32.2 Å². The van der Waals surface area contributed by atoms with Crippen molar-refractivity contribution in [2.75, 3.05) is 0 Å². The van der Waals surface area contributed by atoms with E-state index in [0.29, 0.717) is 18.1 Å². The van der Waals surface area contributed by atoms with Gasteiger partial charge in [0.2, 0.25) is 0 Å². The molecule has 0 spiro atoms. The van der Waals surface area contributed by atoms with Crippen molar-refractivity contribution in [1.29, 1.82) is 0 Å². The van der Waals surface area contributed by atoms with Gasteiger partial charge < -0.3 is 14.6 Å². The topological polar surface area (TPSA) is 52.0 Å². The Morgan fingerprint density at radius 2 is 2.05 bits per heavy atom. The van der Waals surface area contributed by atoms with Crippen LogP contribution in [0, 0.1) is 5.82 Å². The average molecular weight is 292 g/mol. The highest BCUT2D eigenvalue weighted by atomic mass is 19.1. The number of hydrogen-bond donors (Lipinski definition) is 1. The molecule has 2 aromatic rings. The Morgan fingerprint density at radius 3 is 2.67 bits per heavy atom. The molecule has 0 atom stereocenters. The minimum Gasteiger partial charge on any atom is -0.485 e. The number of aryl methyl sites for hydroxylation is 1.